The first-order valence-electron chi connectivity index (χ1n) is 5.33. The van der Waals surface area contributed by atoms with Crippen LogP contribution in [0, 0.1) is 0 Å². The van der Waals surface area contributed by atoms with E-state index in [9.17, 15) is 0 Å². The van der Waals surface area contributed by atoms with Gasteiger partial charge in [0.15, 0.2) is 0 Å². The molecule has 3 heterocycles. The van der Waals surface area contributed by atoms with Gasteiger partial charge >= 0.3 is 0 Å². The van der Waals surface area contributed by atoms with Gasteiger partial charge in [-0.15, -0.1) is 22.0 Å². The summed E-state index contributed by atoms with van der Waals surface area (Å²) >= 11 is 1.85. The van der Waals surface area contributed by atoms with Crippen molar-refractivity contribution in [2.75, 3.05) is 0 Å². The van der Waals surface area contributed by atoms with E-state index in [0.29, 0.717) is 5.78 Å². The lowest BCUT2D eigenvalue weighted by molar-refractivity contribution is 1.07. The molecule has 0 amide bonds. The molecule has 1 aromatic carbocycles. The summed E-state index contributed by atoms with van der Waals surface area (Å²) in [6, 6.07) is 8.36. The largest absolute Gasteiger partial charge is 0.273 e. The average molecular weight is 240 g/mol. The highest BCUT2D eigenvalue weighted by Crippen LogP contribution is 2.39. The van der Waals surface area contributed by atoms with Crippen LogP contribution in [0.5, 0.6) is 0 Å². The van der Waals surface area contributed by atoms with Crippen molar-refractivity contribution in [3.8, 4) is 11.3 Å². The van der Waals surface area contributed by atoms with Crippen molar-refractivity contribution in [3.63, 3.8) is 0 Å². The summed E-state index contributed by atoms with van der Waals surface area (Å²) in [5.74, 6) is 1.61. The number of nitrogens with zero attached hydrogens (tertiary/aromatic N) is 4. The fourth-order valence-electron chi connectivity index (χ4n) is 2.09. The fourth-order valence-corrected chi connectivity index (χ4v) is 3.11. The average Bonchev–Trinajstić information content (AvgIpc) is 2.83. The maximum absolute atomic E-state index is 4.59. The number of benzene rings is 1. The van der Waals surface area contributed by atoms with Crippen LogP contribution in [0.1, 0.15) is 5.56 Å². The van der Waals surface area contributed by atoms with Gasteiger partial charge in [-0.05, 0) is 6.07 Å². The minimum atomic E-state index is 0.658. The van der Waals surface area contributed by atoms with Crippen molar-refractivity contribution in [2.24, 2.45) is 0 Å². The highest BCUT2D eigenvalue weighted by Gasteiger charge is 2.18. The molecule has 4 nitrogen and oxygen atoms in total. The molecular formula is C12H8N4S. The second-order valence-corrected chi connectivity index (χ2v) is 4.95. The molecule has 0 aliphatic carbocycles. The number of rotatable bonds is 0. The molecule has 1 aliphatic heterocycles. The van der Waals surface area contributed by atoms with E-state index in [-0.39, 0.29) is 0 Å². The monoisotopic (exact) mass is 240 g/mol. The van der Waals surface area contributed by atoms with Crippen molar-refractivity contribution < 1.29 is 0 Å². The van der Waals surface area contributed by atoms with Crippen LogP contribution in [-0.4, -0.2) is 19.6 Å². The first-order valence-corrected chi connectivity index (χ1v) is 6.32. The van der Waals surface area contributed by atoms with Gasteiger partial charge in [-0.2, -0.15) is 0 Å². The van der Waals surface area contributed by atoms with Gasteiger partial charge in [-0.25, -0.2) is 4.98 Å². The molecule has 4 rings (SSSR count). The summed E-state index contributed by atoms with van der Waals surface area (Å²) in [4.78, 5) is 5.88. The van der Waals surface area contributed by atoms with Crippen LogP contribution >= 0.6 is 11.8 Å². The Morgan fingerprint density at radius 1 is 1.24 bits per heavy atom. The number of fused-ring (bicyclic) bond motifs is 4. The molecular weight excluding hydrogens is 232 g/mol. The van der Waals surface area contributed by atoms with E-state index >= 15 is 0 Å². The first kappa shape index (κ1) is 9.18. The number of hydrogen-bond donors (Lipinski definition) is 0. The maximum atomic E-state index is 4.59. The van der Waals surface area contributed by atoms with Crippen LogP contribution in [0.2, 0.25) is 0 Å². The second kappa shape index (κ2) is 3.30. The Morgan fingerprint density at radius 2 is 2.18 bits per heavy atom. The lowest BCUT2D eigenvalue weighted by Gasteiger charge is -2.17. The zero-order chi connectivity index (χ0) is 11.2. The smallest absolute Gasteiger partial charge is 0.255 e. The van der Waals surface area contributed by atoms with E-state index in [1.54, 1.807) is 6.33 Å². The Bertz CT molecular complexity index is 719. The molecule has 82 valence electrons. The van der Waals surface area contributed by atoms with Crippen LogP contribution in [0.4, 0.5) is 0 Å². The maximum Gasteiger partial charge on any atom is 0.255 e. The molecule has 0 radical (unpaired) electrons. The molecule has 0 N–H and O–H groups in total. The molecule has 0 spiro atoms. The van der Waals surface area contributed by atoms with Gasteiger partial charge in [0.2, 0.25) is 0 Å². The van der Waals surface area contributed by atoms with Gasteiger partial charge < -0.3 is 0 Å². The summed E-state index contributed by atoms with van der Waals surface area (Å²) < 4.78 is 1.87. The fraction of sp³-hybridized carbons (Fsp3) is 0.0833. The third-order valence-electron chi connectivity index (χ3n) is 2.89. The Morgan fingerprint density at radius 3 is 3.18 bits per heavy atom. The molecule has 0 saturated heterocycles. The lowest BCUT2D eigenvalue weighted by atomic mass is 10.1. The van der Waals surface area contributed by atoms with Crippen LogP contribution in [0.15, 0.2) is 41.7 Å². The van der Waals surface area contributed by atoms with Crippen LogP contribution < -0.4 is 0 Å². The van der Waals surface area contributed by atoms with Crippen molar-refractivity contribution in [3.05, 3.63) is 42.4 Å². The standard InChI is InChI=1S/C12H8N4S/c1-2-4-10-9(3-1)11-8(6-17-10)5-16-7-13-15-12(16)14-11/h1-5,7H,6H2. The van der Waals surface area contributed by atoms with Crippen LogP contribution in [0.25, 0.3) is 17.0 Å². The molecule has 1 aliphatic rings. The summed E-state index contributed by atoms with van der Waals surface area (Å²) in [7, 11) is 0. The zero-order valence-electron chi connectivity index (χ0n) is 8.87. The van der Waals surface area contributed by atoms with E-state index in [1.165, 1.54) is 16.0 Å². The van der Waals surface area contributed by atoms with E-state index in [1.807, 2.05) is 22.2 Å². The summed E-state index contributed by atoms with van der Waals surface area (Å²) in [5, 5.41) is 7.87. The molecule has 3 aromatic rings. The predicted octanol–water partition coefficient (Wildman–Crippen LogP) is 2.40. The van der Waals surface area contributed by atoms with E-state index < -0.39 is 0 Å². The van der Waals surface area contributed by atoms with Gasteiger partial charge in [0.05, 0.1) is 5.69 Å². The molecule has 0 saturated carbocycles. The van der Waals surface area contributed by atoms with E-state index in [2.05, 4.69) is 39.6 Å². The van der Waals surface area contributed by atoms with Crippen molar-refractivity contribution in [1.82, 2.24) is 19.6 Å². The summed E-state index contributed by atoms with van der Waals surface area (Å²) in [5.41, 5.74) is 3.48. The van der Waals surface area contributed by atoms with Gasteiger partial charge in [-0.3, -0.25) is 4.40 Å². The molecule has 0 unspecified atom stereocenters. The summed E-state index contributed by atoms with van der Waals surface area (Å²) in [6.45, 7) is 0. The van der Waals surface area contributed by atoms with Gasteiger partial charge in [0.25, 0.3) is 5.78 Å². The topological polar surface area (TPSA) is 43.1 Å². The third-order valence-corrected chi connectivity index (χ3v) is 4.01. The second-order valence-electron chi connectivity index (χ2n) is 3.94. The molecule has 5 heteroatoms. The molecule has 0 atom stereocenters. The Balaban J connectivity index is 2.07. The predicted molar refractivity (Wildman–Crippen MR) is 65.8 cm³/mol. The van der Waals surface area contributed by atoms with E-state index in [4.69, 9.17) is 0 Å². The zero-order valence-corrected chi connectivity index (χ0v) is 9.68. The van der Waals surface area contributed by atoms with Crippen molar-refractivity contribution in [1.29, 1.82) is 0 Å². The van der Waals surface area contributed by atoms with Crippen molar-refractivity contribution in [2.45, 2.75) is 10.6 Å². The molecule has 17 heavy (non-hydrogen) atoms. The van der Waals surface area contributed by atoms with Gasteiger partial charge in [-0.1, -0.05) is 18.2 Å². The number of aromatic nitrogens is 4. The van der Waals surface area contributed by atoms with Gasteiger partial charge in [0.1, 0.15) is 6.33 Å². The molecule has 0 fully saturated rings. The van der Waals surface area contributed by atoms with Gasteiger partial charge in [0, 0.05) is 28.0 Å². The van der Waals surface area contributed by atoms with Crippen LogP contribution in [0.3, 0.4) is 0 Å². The lowest BCUT2D eigenvalue weighted by Crippen LogP contribution is -2.02. The van der Waals surface area contributed by atoms with Crippen LogP contribution in [-0.2, 0) is 5.75 Å². The van der Waals surface area contributed by atoms with E-state index in [0.717, 1.165) is 11.4 Å². The molecule has 2 aromatic heterocycles. The third kappa shape index (κ3) is 1.29. The first-order chi connectivity index (χ1) is 8.42. The molecule has 0 bridgehead atoms. The minimum Gasteiger partial charge on any atom is -0.273 e. The number of thioether (sulfide) groups is 1. The Hall–Kier alpha value is -1.88. The SMILES string of the molecule is c1ccc2c(c1)SCc1cn3cnnc3nc1-2. The number of hydrogen-bond acceptors (Lipinski definition) is 4. The Kier molecular flexibility index (Phi) is 1.78. The van der Waals surface area contributed by atoms with Crippen molar-refractivity contribution >= 4 is 17.5 Å². The minimum absolute atomic E-state index is 0.658. The quantitative estimate of drug-likeness (QED) is 0.605. The highest BCUT2D eigenvalue weighted by molar-refractivity contribution is 7.98. The highest BCUT2D eigenvalue weighted by atomic mass is 32.2. The summed E-state index contributed by atoms with van der Waals surface area (Å²) in [6.07, 6.45) is 3.76. The normalized spacial score (nSPS) is 13.4. The Labute approximate surface area is 102 Å².